The number of carbonyl (C=O) groups excluding carboxylic acids is 2. The van der Waals surface area contributed by atoms with Gasteiger partial charge in [0.25, 0.3) is 0 Å². The highest BCUT2D eigenvalue weighted by Crippen LogP contribution is 2.38. The maximum absolute atomic E-state index is 13.0. The number of thiophene rings is 1. The molecule has 6 heteroatoms. The van der Waals surface area contributed by atoms with Gasteiger partial charge in [-0.15, -0.1) is 11.3 Å². The first kappa shape index (κ1) is 21.1. The summed E-state index contributed by atoms with van der Waals surface area (Å²) in [6.45, 7) is 0.868. The number of likely N-dealkylation sites (tertiary alicyclic amines) is 1. The molecule has 1 aliphatic heterocycles. The Morgan fingerprint density at radius 3 is 2.52 bits per heavy atom. The average molecular weight is 435 g/mol. The van der Waals surface area contributed by atoms with Gasteiger partial charge >= 0.3 is 0 Å². The Labute approximate surface area is 186 Å². The van der Waals surface area contributed by atoms with Gasteiger partial charge in [-0.2, -0.15) is 0 Å². The number of hydrogen-bond donors (Lipinski definition) is 1. The summed E-state index contributed by atoms with van der Waals surface area (Å²) in [5.74, 6) is 0.335. The van der Waals surface area contributed by atoms with Crippen molar-refractivity contribution in [3.8, 4) is 16.2 Å². The number of benzene rings is 2. The standard InChI is InChI=1S/C25H26N2O3S/c1-30-21-10-5-3-7-18(21)15-23(28)27-13-12-25(17-27,24(26)29)16-19-8-2-4-9-20(19)22-11-6-14-31-22/h2-11,14H,12-13,15-17H2,1H3,(H2,26,29)/t25-/m0/s1. The highest BCUT2D eigenvalue weighted by molar-refractivity contribution is 7.13. The molecule has 160 valence electrons. The van der Waals surface area contributed by atoms with E-state index in [1.807, 2.05) is 47.8 Å². The lowest BCUT2D eigenvalue weighted by Crippen LogP contribution is -2.42. The Balaban J connectivity index is 1.54. The molecule has 31 heavy (non-hydrogen) atoms. The summed E-state index contributed by atoms with van der Waals surface area (Å²) in [5.41, 5.74) is 8.21. The molecular weight excluding hydrogens is 408 g/mol. The second kappa shape index (κ2) is 8.94. The van der Waals surface area contributed by atoms with E-state index >= 15 is 0 Å². The van der Waals surface area contributed by atoms with Crippen molar-refractivity contribution in [3.05, 3.63) is 77.2 Å². The van der Waals surface area contributed by atoms with Crippen LogP contribution in [0.15, 0.2) is 66.0 Å². The van der Waals surface area contributed by atoms with Gasteiger partial charge in [-0.25, -0.2) is 0 Å². The van der Waals surface area contributed by atoms with Crippen LogP contribution >= 0.6 is 11.3 Å². The molecule has 1 atom stereocenters. The third-order valence-corrected chi connectivity index (χ3v) is 7.00. The third-order valence-electron chi connectivity index (χ3n) is 6.10. The lowest BCUT2D eigenvalue weighted by molar-refractivity contribution is -0.131. The van der Waals surface area contributed by atoms with Gasteiger partial charge in [0.1, 0.15) is 5.75 Å². The van der Waals surface area contributed by atoms with Crippen molar-refractivity contribution in [3.63, 3.8) is 0 Å². The van der Waals surface area contributed by atoms with Crippen molar-refractivity contribution < 1.29 is 14.3 Å². The summed E-state index contributed by atoms with van der Waals surface area (Å²) >= 11 is 1.67. The van der Waals surface area contributed by atoms with Gasteiger partial charge < -0.3 is 15.4 Å². The number of hydrogen-bond acceptors (Lipinski definition) is 4. The molecule has 3 aromatic rings. The summed E-state index contributed by atoms with van der Waals surface area (Å²) in [6.07, 6.45) is 1.33. The van der Waals surface area contributed by atoms with Gasteiger partial charge in [-0.1, -0.05) is 48.5 Å². The number of methoxy groups -OCH3 is 1. The van der Waals surface area contributed by atoms with E-state index in [2.05, 4.69) is 18.2 Å². The Morgan fingerprint density at radius 2 is 1.81 bits per heavy atom. The van der Waals surface area contributed by atoms with Crippen LogP contribution in [-0.2, 0) is 22.4 Å². The second-order valence-corrected chi connectivity index (χ2v) is 8.96. The van der Waals surface area contributed by atoms with E-state index in [4.69, 9.17) is 10.5 Å². The summed E-state index contributed by atoms with van der Waals surface area (Å²) in [7, 11) is 1.60. The van der Waals surface area contributed by atoms with Gasteiger partial charge in [-0.3, -0.25) is 9.59 Å². The quantitative estimate of drug-likeness (QED) is 0.613. The van der Waals surface area contributed by atoms with Crippen LogP contribution in [0.2, 0.25) is 0 Å². The van der Waals surface area contributed by atoms with Crippen LogP contribution in [0.3, 0.4) is 0 Å². The van der Waals surface area contributed by atoms with Gasteiger partial charge in [0.2, 0.25) is 11.8 Å². The zero-order chi connectivity index (χ0) is 21.8. The average Bonchev–Trinajstić information content (AvgIpc) is 3.46. The van der Waals surface area contributed by atoms with E-state index in [-0.39, 0.29) is 18.2 Å². The summed E-state index contributed by atoms with van der Waals surface area (Å²) in [4.78, 5) is 28.6. The predicted octanol–water partition coefficient (Wildman–Crippen LogP) is 3.91. The molecule has 0 aliphatic carbocycles. The number of carbonyl (C=O) groups is 2. The molecule has 0 radical (unpaired) electrons. The molecule has 4 rings (SSSR count). The van der Waals surface area contributed by atoms with E-state index in [1.165, 1.54) is 0 Å². The zero-order valence-electron chi connectivity index (χ0n) is 17.5. The van der Waals surface area contributed by atoms with Crippen LogP contribution in [0, 0.1) is 5.41 Å². The smallest absolute Gasteiger partial charge is 0.227 e. The largest absolute Gasteiger partial charge is 0.496 e. The number of ether oxygens (including phenoxy) is 1. The Kier molecular flexibility index (Phi) is 6.09. The molecule has 1 aliphatic rings. The van der Waals surface area contributed by atoms with Crippen molar-refractivity contribution in [1.82, 2.24) is 4.90 Å². The highest BCUT2D eigenvalue weighted by atomic mass is 32.1. The summed E-state index contributed by atoms with van der Waals surface area (Å²) < 4.78 is 5.37. The van der Waals surface area contributed by atoms with Crippen LogP contribution in [0.1, 0.15) is 17.5 Å². The van der Waals surface area contributed by atoms with E-state index < -0.39 is 5.41 Å². The van der Waals surface area contributed by atoms with Crippen molar-refractivity contribution in [2.45, 2.75) is 19.3 Å². The molecule has 0 spiro atoms. The van der Waals surface area contributed by atoms with Gasteiger partial charge in [0, 0.05) is 23.5 Å². The van der Waals surface area contributed by atoms with Crippen LogP contribution in [0.4, 0.5) is 0 Å². The van der Waals surface area contributed by atoms with Crippen LogP contribution in [-0.4, -0.2) is 36.9 Å². The molecule has 0 bridgehead atoms. The lowest BCUT2D eigenvalue weighted by atomic mass is 9.79. The van der Waals surface area contributed by atoms with Crippen LogP contribution in [0.5, 0.6) is 5.75 Å². The fourth-order valence-electron chi connectivity index (χ4n) is 4.35. The lowest BCUT2D eigenvalue weighted by Gasteiger charge is -2.27. The van der Waals surface area contributed by atoms with E-state index in [9.17, 15) is 9.59 Å². The topological polar surface area (TPSA) is 72.6 Å². The molecule has 0 unspecified atom stereocenters. The minimum Gasteiger partial charge on any atom is -0.496 e. The normalized spacial score (nSPS) is 18.2. The Morgan fingerprint density at radius 1 is 1.06 bits per heavy atom. The molecule has 2 amide bonds. The number of para-hydroxylation sites is 1. The maximum atomic E-state index is 13.0. The van der Waals surface area contributed by atoms with Crippen molar-refractivity contribution in [2.24, 2.45) is 11.1 Å². The third kappa shape index (κ3) is 4.35. The second-order valence-electron chi connectivity index (χ2n) is 8.01. The van der Waals surface area contributed by atoms with Crippen molar-refractivity contribution in [2.75, 3.05) is 20.2 Å². The van der Waals surface area contributed by atoms with E-state index in [0.29, 0.717) is 31.7 Å². The molecular formula is C25H26N2O3S. The highest BCUT2D eigenvalue weighted by Gasteiger charge is 2.45. The molecule has 0 saturated carbocycles. The number of amides is 2. The summed E-state index contributed by atoms with van der Waals surface area (Å²) in [6, 6.07) is 19.7. The molecule has 2 N–H and O–H groups in total. The summed E-state index contributed by atoms with van der Waals surface area (Å²) in [5, 5.41) is 2.05. The molecule has 2 heterocycles. The maximum Gasteiger partial charge on any atom is 0.227 e. The zero-order valence-corrected chi connectivity index (χ0v) is 18.4. The molecule has 1 aromatic heterocycles. The fraction of sp³-hybridized carbons (Fsp3) is 0.280. The minimum atomic E-state index is -0.760. The monoisotopic (exact) mass is 434 g/mol. The van der Waals surface area contributed by atoms with Crippen LogP contribution in [0.25, 0.3) is 10.4 Å². The first-order chi connectivity index (χ1) is 15.0. The number of nitrogens with two attached hydrogens (primary N) is 1. The van der Waals surface area contributed by atoms with Crippen molar-refractivity contribution in [1.29, 1.82) is 0 Å². The Hall–Kier alpha value is -3.12. The molecule has 1 fully saturated rings. The number of nitrogens with zero attached hydrogens (tertiary/aromatic N) is 1. The van der Waals surface area contributed by atoms with E-state index in [1.54, 1.807) is 23.3 Å². The molecule has 1 saturated heterocycles. The predicted molar refractivity (Wildman–Crippen MR) is 123 cm³/mol. The minimum absolute atomic E-state index is 0.0147. The molecule has 5 nitrogen and oxygen atoms in total. The van der Waals surface area contributed by atoms with Gasteiger partial charge in [0.05, 0.1) is 18.9 Å². The van der Waals surface area contributed by atoms with Gasteiger partial charge in [-0.05, 0) is 41.5 Å². The first-order valence-corrected chi connectivity index (χ1v) is 11.2. The van der Waals surface area contributed by atoms with Crippen molar-refractivity contribution >= 4 is 23.2 Å². The van der Waals surface area contributed by atoms with Gasteiger partial charge in [0.15, 0.2) is 0 Å². The Bertz CT molecular complexity index is 1080. The first-order valence-electron chi connectivity index (χ1n) is 10.3. The number of rotatable bonds is 7. The van der Waals surface area contributed by atoms with Crippen LogP contribution < -0.4 is 10.5 Å². The molecule has 2 aromatic carbocycles. The van der Waals surface area contributed by atoms with E-state index in [0.717, 1.165) is 21.6 Å². The number of primary amides is 1. The SMILES string of the molecule is COc1ccccc1CC(=O)N1CC[C@@](Cc2ccccc2-c2cccs2)(C(N)=O)C1. The fourth-order valence-corrected chi connectivity index (χ4v) is 5.14.